The van der Waals surface area contributed by atoms with E-state index in [1.165, 1.54) is 6.07 Å². The highest BCUT2D eigenvalue weighted by Gasteiger charge is 2.16. The van der Waals surface area contributed by atoms with Gasteiger partial charge >= 0.3 is 5.69 Å². The summed E-state index contributed by atoms with van der Waals surface area (Å²) in [6.45, 7) is 1.59. The molecule has 0 aliphatic heterocycles. The second kappa shape index (κ2) is 5.37. The maximum absolute atomic E-state index is 12.3. The normalized spacial score (nSPS) is 10.7. The molecule has 0 aliphatic carbocycles. The molecule has 9 nitrogen and oxygen atoms in total. The highest BCUT2D eigenvalue weighted by Crippen LogP contribution is 2.18. The molecule has 9 heteroatoms. The van der Waals surface area contributed by atoms with Gasteiger partial charge < -0.3 is 15.3 Å². The Labute approximate surface area is 128 Å². The molecular weight excluding hydrogens is 302 g/mol. The van der Waals surface area contributed by atoms with Gasteiger partial charge in [0, 0.05) is 11.8 Å². The Kier molecular flexibility index (Phi) is 3.37. The fourth-order valence-electron chi connectivity index (χ4n) is 2.16. The molecule has 2 heterocycles. The number of carbonyl (C=O) groups excluding carboxylic acids is 1. The number of aromatic nitrogens is 3. The first-order chi connectivity index (χ1) is 10.9. The second-order valence-electron chi connectivity index (χ2n) is 4.88. The van der Waals surface area contributed by atoms with Gasteiger partial charge in [-0.1, -0.05) is 0 Å². The van der Waals surface area contributed by atoms with Crippen molar-refractivity contribution in [1.82, 2.24) is 15.0 Å². The molecule has 0 radical (unpaired) electrons. The molecule has 1 aromatic carbocycles. The topological polar surface area (TPSA) is 134 Å². The van der Waals surface area contributed by atoms with Crippen molar-refractivity contribution in [1.29, 1.82) is 0 Å². The molecule has 116 valence electrons. The van der Waals surface area contributed by atoms with Gasteiger partial charge in [0.05, 0.1) is 27.2 Å². The Morgan fingerprint density at radius 1 is 1.26 bits per heavy atom. The predicted octanol–water partition coefficient (Wildman–Crippen LogP) is 1.72. The summed E-state index contributed by atoms with van der Waals surface area (Å²) in [5, 5.41) is 13.4. The van der Waals surface area contributed by atoms with Crippen molar-refractivity contribution in [3.63, 3.8) is 0 Å². The summed E-state index contributed by atoms with van der Waals surface area (Å²) in [4.78, 5) is 42.7. The van der Waals surface area contributed by atoms with E-state index in [-0.39, 0.29) is 16.9 Å². The number of hydrogen-bond donors (Lipinski definition) is 3. The van der Waals surface area contributed by atoms with Gasteiger partial charge in [-0.2, -0.15) is 0 Å². The van der Waals surface area contributed by atoms with E-state index < -0.39 is 10.8 Å². The van der Waals surface area contributed by atoms with E-state index in [0.29, 0.717) is 22.4 Å². The number of rotatable bonds is 3. The summed E-state index contributed by atoms with van der Waals surface area (Å²) in [7, 11) is 0. The smallest absolute Gasteiger partial charge is 0.322 e. The Balaban J connectivity index is 1.92. The number of anilines is 1. The highest BCUT2D eigenvalue weighted by molar-refractivity contribution is 6.06. The van der Waals surface area contributed by atoms with Crippen LogP contribution in [0.25, 0.3) is 11.0 Å². The third-order valence-corrected chi connectivity index (χ3v) is 3.30. The lowest BCUT2D eigenvalue weighted by Crippen LogP contribution is -2.14. The molecular formula is C14H11N5O4. The van der Waals surface area contributed by atoms with E-state index in [0.717, 1.165) is 6.20 Å². The zero-order chi connectivity index (χ0) is 16.6. The van der Waals surface area contributed by atoms with Crippen LogP contribution in [-0.2, 0) is 0 Å². The number of nitro groups is 1. The van der Waals surface area contributed by atoms with Crippen LogP contribution in [0.2, 0.25) is 0 Å². The Morgan fingerprint density at radius 2 is 2.00 bits per heavy atom. The lowest BCUT2D eigenvalue weighted by Gasteiger charge is -2.07. The SMILES string of the molecule is Cc1ncc([N+](=O)[O-])cc1C(=O)Nc1ccc2[nH]c(=O)[nH]c2c1. The van der Waals surface area contributed by atoms with Crippen molar-refractivity contribution in [2.45, 2.75) is 6.92 Å². The summed E-state index contributed by atoms with van der Waals surface area (Å²) in [5.74, 6) is -0.518. The molecule has 0 bridgehead atoms. The number of nitrogens with one attached hydrogen (secondary N) is 3. The molecule has 0 atom stereocenters. The third kappa shape index (κ3) is 2.79. The lowest BCUT2D eigenvalue weighted by atomic mass is 10.1. The number of aromatic amines is 2. The number of H-pyrrole nitrogens is 2. The Bertz CT molecular complexity index is 988. The number of fused-ring (bicyclic) bond motifs is 1. The van der Waals surface area contributed by atoms with Crippen LogP contribution in [0.5, 0.6) is 0 Å². The first kappa shape index (κ1) is 14.4. The van der Waals surface area contributed by atoms with Crippen LogP contribution in [0.4, 0.5) is 11.4 Å². The van der Waals surface area contributed by atoms with Crippen LogP contribution >= 0.6 is 0 Å². The maximum Gasteiger partial charge on any atom is 0.323 e. The van der Waals surface area contributed by atoms with Crippen LogP contribution in [0.15, 0.2) is 35.3 Å². The minimum absolute atomic E-state index is 0.113. The number of imidazole rings is 1. The Morgan fingerprint density at radius 3 is 2.74 bits per heavy atom. The third-order valence-electron chi connectivity index (χ3n) is 3.30. The van der Waals surface area contributed by atoms with Crippen molar-refractivity contribution in [3.8, 4) is 0 Å². The van der Waals surface area contributed by atoms with Gasteiger partial charge in [0.1, 0.15) is 6.20 Å². The minimum atomic E-state index is -0.611. The second-order valence-corrected chi connectivity index (χ2v) is 4.88. The van der Waals surface area contributed by atoms with Crippen LogP contribution in [0.3, 0.4) is 0 Å². The highest BCUT2D eigenvalue weighted by atomic mass is 16.6. The molecule has 23 heavy (non-hydrogen) atoms. The van der Waals surface area contributed by atoms with Gasteiger partial charge in [0.25, 0.3) is 11.6 Å². The van der Waals surface area contributed by atoms with Crippen LogP contribution in [0.1, 0.15) is 16.1 Å². The average Bonchev–Trinajstić information content (AvgIpc) is 2.86. The monoisotopic (exact) mass is 313 g/mol. The number of amides is 1. The van der Waals surface area contributed by atoms with Gasteiger partial charge in [0.15, 0.2) is 0 Å². The summed E-state index contributed by atoms with van der Waals surface area (Å²) in [5.41, 5.74) is 1.49. The minimum Gasteiger partial charge on any atom is -0.322 e. The van der Waals surface area contributed by atoms with Crippen molar-refractivity contribution < 1.29 is 9.72 Å². The fraction of sp³-hybridized carbons (Fsp3) is 0.0714. The number of carbonyl (C=O) groups is 1. The summed E-state index contributed by atoms with van der Waals surface area (Å²) >= 11 is 0. The summed E-state index contributed by atoms with van der Waals surface area (Å²) < 4.78 is 0. The van der Waals surface area contributed by atoms with Crippen molar-refractivity contribution in [2.24, 2.45) is 0 Å². The van der Waals surface area contributed by atoms with E-state index in [4.69, 9.17) is 0 Å². The molecule has 0 unspecified atom stereocenters. The lowest BCUT2D eigenvalue weighted by molar-refractivity contribution is -0.385. The first-order valence-corrected chi connectivity index (χ1v) is 6.58. The van der Waals surface area contributed by atoms with E-state index in [2.05, 4.69) is 20.3 Å². The Hall–Kier alpha value is -3.49. The molecule has 0 aliphatic rings. The standard InChI is InChI=1S/C14H11N5O4/c1-7-10(5-9(6-15-7)19(22)23)13(20)16-8-2-3-11-12(4-8)18-14(21)17-11/h2-6H,1H3,(H,16,20)(H2,17,18,21). The number of aryl methyl sites for hydroxylation is 1. The maximum atomic E-state index is 12.3. The molecule has 0 fully saturated rings. The van der Waals surface area contributed by atoms with Gasteiger partial charge in [0.2, 0.25) is 0 Å². The molecule has 3 rings (SSSR count). The van der Waals surface area contributed by atoms with Gasteiger partial charge in [-0.15, -0.1) is 0 Å². The van der Waals surface area contributed by atoms with E-state index >= 15 is 0 Å². The number of nitrogens with zero attached hydrogens (tertiary/aromatic N) is 2. The number of pyridine rings is 1. The molecule has 0 saturated carbocycles. The molecule has 2 aromatic heterocycles. The van der Waals surface area contributed by atoms with Crippen molar-refractivity contribution >= 4 is 28.3 Å². The zero-order valence-electron chi connectivity index (χ0n) is 11.9. The first-order valence-electron chi connectivity index (χ1n) is 6.58. The molecule has 3 N–H and O–H groups in total. The van der Waals surface area contributed by atoms with Gasteiger partial charge in [-0.3, -0.25) is 19.9 Å². The van der Waals surface area contributed by atoms with Crippen LogP contribution < -0.4 is 11.0 Å². The van der Waals surface area contributed by atoms with E-state index in [1.54, 1.807) is 25.1 Å². The van der Waals surface area contributed by atoms with Crippen LogP contribution in [-0.4, -0.2) is 25.8 Å². The quantitative estimate of drug-likeness (QED) is 0.500. The van der Waals surface area contributed by atoms with Gasteiger partial charge in [-0.05, 0) is 25.1 Å². The predicted molar refractivity (Wildman–Crippen MR) is 82.5 cm³/mol. The van der Waals surface area contributed by atoms with Gasteiger partial charge in [-0.25, -0.2) is 4.79 Å². The van der Waals surface area contributed by atoms with Crippen molar-refractivity contribution in [2.75, 3.05) is 5.32 Å². The van der Waals surface area contributed by atoms with Crippen molar-refractivity contribution in [3.05, 3.63) is 62.3 Å². The number of benzene rings is 1. The molecule has 0 saturated heterocycles. The summed E-state index contributed by atoms with van der Waals surface area (Å²) in [6.07, 6.45) is 1.10. The molecule has 3 aromatic rings. The van der Waals surface area contributed by atoms with E-state index in [9.17, 15) is 19.7 Å². The molecule has 0 spiro atoms. The van der Waals surface area contributed by atoms with E-state index in [1.807, 2.05) is 0 Å². The largest absolute Gasteiger partial charge is 0.323 e. The summed E-state index contributed by atoms with van der Waals surface area (Å²) in [6, 6.07) is 6.02. The van der Waals surface area contributed by atoms with Crippen LogP contribution in [0, 0.1) is 17.0 Å². The average molecular weight is 313 g/mol. The zero-order valence-corrected chi connectivity index (χ0v) is 11.9. The molecule has 1 amide bonds. The number of hydrogen-bond acceptors (Lipinski definition) is 5. The fourth-order valence-corrected chi connectivity index (χ4v) is 2.16.